The lowest BCUT2D eigenvalue weighted by Gasteiger charge is -2.08. The molecule has 0 aliphatic heterocycles. The minimum absolute atomic E-state index is 0.0934. The molecule has 0 bridgehead atoms. The highest BCUT2D eigenvalue weighted by molar-refractivity contribution is 5.92. The van der Waals surface area contributed by atoms with Crippen LogP contribution in [0.5, 0.6) is 5.75 Å². The predicted molar refractivity (Wildman–Crippen MR) is 71.3 cm³/mol. The van der Waals surface area contributed by atoms with E-state index in [1.165, 1.54) is 6.33 Å². The molecular weight excluding hydrogens is 244 g/mol. The molecule has 2 rings (SSSR count). The number of carbonyl (C=O) groups is 1. The summed E-state index contributed by atoms with van der Waals surface area (Å²) in [5.41, 5.74) is 1.27. The average Bonchev–Trinajstić information content (AvgIpc) is 2.86. The van der Waals surface area contributed by atoms with Gasteiger partial charge in [0.05, 0.1) is 12.9 Å². The van der Waals surface area contributed by atoms with Crippen molar-refractivity contribution in [3.05, 3.63) is 36.3 Å². The van der Waals surface area contributed by atoms with Crippen molar-refractivity contribution in [3.63, 3.8) is 0 Å². The van der Waals surface area contributed by atoms with E-state index in [1.807, 2.05) is 12.1 Å². The summed E-state index contributed by atoms with van der Waals surface area (Å²) >= 11 is 0. The summed E-state index contributed by atoms with van der Waals surface area (Å²) in [6, 6.07) is 7.24. The summed E-state index contributed by atoms with van der Waals surface area (Å²) in [5.74, 6) is 0.210. The number of rotatable bonds is 5. The second kappa shape index (κ2) is 5.56. The Balaban J connectivity index is 2.18. The van der Waals surface area contributed by atoms with E-state index >= 15 is 0 Å². The van der Waals surface area contributed by atoms with Crippen LogP contribution in [0.1, 0.15) is 24.3 Å². The van der Waals surface area contributed by atoms with E-state index in [4.69, 9.17) is 9.84 Å². The number of aromatic carboxylic acids is 1. The van der Waals surface area contributed by atoms with Gasteiger partial charge in [0, 0.05) is 5.56 Å². The van der Waals surface area contributed by atoms with Gasteiger partial charge in [-0.05, 0) is 30.2 Å². The topological polar surface area (TPSA) is 75.2 Å². The van der Waals surface area contributed by atoms with Crippen LogP contribution in [0, 0.1) is 5.92 Å². The number of hydrogen-bond acceptors (Lipinski definition) is 3. The Kier molecular flexibility index (Phi) is 3.85. The van der Waals surface area contributed by atoms with Crippen molar-refractivity contribution >= 4 is 5.97 Å². The van der Waals surface area contributed by atoms with Gasteiger partial charge in [-0.15, -0.1) is 0 Å². The van der Waals surface area contributed by atoms with Gasteiger partial charge in [-0.2, -0.15) is 0 Å². The van der Waals surface area contributed by atoms with Gasteiger partial charge in [-0.3, -0.25) is 0 Å². The number of carboxylic acid groups (broad SMARTS) is 1. The Labute approximate surface area is 111 Å². The Hall–Kier alpha value is -2.30. The zero-order chi connectivity index (χ0) is 13.8. The normalized spacial score (nSPS) is 10.7. The Bertz CT molecular complexity index is 558. The summed E-state index contributed by atoms with van der Waals surface area (Å²) in [5, 5.41) is 9.02. The summed E-state index contributed by atoms with van der Waals surface area (Å²) in [7, 11) is 0. The molecule has 100 valence electrons. The molecular formula is C14H16N2O3. The Morgan fingerprint density at radius 1 is 1.37 bits per heavy atom. The van der Waals surface area contributed by atoms with Crippen LogP contribution in [-0.4, -0.2) is 27.7 Å². The molecule has 0 spiro atoms. The SMILES string of the molecule is CC(C)COc1ccc(-c2nc[nH]c2C(=O)O)cc1. The maximum atomic E-state index is 11.0. The molecule has 2 aromatic rings. The van der Waals surface area contributed by atoms with Crippen LogP contribution in [0.4, 0.5) is 0 Å². The molecule has 0 aliphatic rings. The van der Waals surface area contributed by atoms with Crippen molar-refractivity contribution in [3.8, 4) is 17.0 Å². The largest absolute Gasteiger partial charge is 0.493 e. The van der Waals surface area contributed by atoms with E-state index in [2.05, 4.69) is 23.8 Å². The minimum Gasteiger partial charge on any atom is -0.493 e. The number of aromatic nitrogens is 2. The number of benzene rings is 1. The van der Waals surface area contributed by atoms with Crippen molar-refractivity contribution in [1.82, 2.24) is 9.97 Å². The van der Waals surface area contributed by atoms with Crippen molar-refractivity contribution in [2.45, 2.75) is 13.8 Å². The molecule has 0 atom stereocenters. The molecule has 0 saturated carbocycles. The smallest absolute Gasteiger partial charge is 0.354 e. The lowest BCUT2D eigenvalue weighted by molar-refractivity contribution is 0.0692. The minimum atomic E-state index is -1.02. The molecule has 0 saturated heterocycles. The van der Waals surface area contributed by atoms with E-state index in [1.54, 1.807) is 12.1 Å². The first-order valence-electron chi connectivity index (χ1n) is 6.08. The van der Waals surface area contributed by atoms with Gasteiger partial charge in [0.25, 0.3) is 0 Å². The van der Waals surface area contributed by atoms with E-state index in [0.29, 0.717) is 18.2 Å². The Morgan fingerprint density at radius 2 is 2.05 bits per heavy atom. The second-order valence-electron chi connectivity index (χ2n) is 4.66. The first-order valence-corrected chi connectivity index (χ1v) is 6.08. The second-order valence-corrected chi connectivity index (χ2v) is 4.66. The summed E-state index contributed by atoms with van der Waals surface area (Å²) < 4.78 is 5.57. The number of carboxylic acids is 1. The molecule has 5 nitrogen and oxygen atoms in total. The van der Waals surface area contributed by atoms with Crippen molar-refractivity contribution in [1.29, 1.82) is 0 Å². The van der Waals surface area contributed by atoms with Gasteiger partial charge in [0.2, 0.25) is 0 Å². The van der Waals surface area contributed by atoms with E-state index in [0.717, 1.165) is 11.3 Å². The molecule has 0 unspecified atom stereocenters. The molecule has 0 fully saturated rings. The van der Waals surface area contributed by atoms with Gasteiger partial charge in [-0.1, -0.05) is 13.8 Å². The molecule has 1 heterocycles. The highest BCUT2D eigenvalue weighted by atomic mass is 16.5. The van der Waals surface area contributed by atoms with Crippen LogP contribution in [0.25, 0.3) is 11.3 Å². The number of aromatic amines is 1. The van der Waals surface area contributed by atoms with Crippen LogP contribution in [0.3, 0.4) is 0 Å². The first kappa shape index (κ1) is 13.1. The highest BCUT2D eigenvalue weighted by Crippen LogP contribution is 2.23. The standard InChI is InChI=1S/C14H16N2O3/c1-9(2)7-19-11-5-3-10(4-6-11)12-13(14(17)18)16-8-15-12/h3-6,8-9H,7H2,1-2H3,(H,15,16)(H,17,18). The fourth-order valence-corrected chi connectivity index (χ4v) is 1.65. The van der Waals surface area contributed by atoms with Crippen LogP contribution < -0.4 is 4.74 Å². The molecule has 2 N–H and O–H groups in total. The molecule has 1 aromatic carbocycles. The predicted octanol–water partition coefficient (Wildman–Crippen LogP) is 2.81. The van der Waals surface area contributed by atoms with Crippen molar-refractivity contribution < 1.29 is 14.6 Å². The number of imidazole rings is 1. The number of H-pyrrole nitrogens is 1. The third kappa shape index (κ3) is 3.13. The number of hydrogen-bond donors (Lipinski definition) is 2. The summed E-state index contributed by atoms with van der Waals surface area (Å²) in [4.78, 5) is 17.7. The fourth-order valence-electron chi connectivity index (χ4n) is 1.65. The number of ether oxygens (including phenoxy) is 1. The molecule has 0 aliphatic carbocycles. The number of nitrogens with one attached hydrogen (secondary N) is 1. The van der Waals surface area contributed by atoms with E-state index in [9.17, 15) is 4.79 Å². The lowest BCUT2D eigenvalue weighted by Crippen LogP contribution is -2.04. The maximum Gasteiger partial charge on any atom is 0.354 e. The Morgan fingerprint density at radius 3 is 2.63 bits per heavy atom. The van der Waals surface area contributed by atoms with Crippen LogP contribution in [0.2, 0.25) is 0 Å². The summed E-state index contributed by atoms with van der Waals surface area (Å²) in [6.45, 7) is 4.82. The maximum absolute atomic E-state index is 11.0. The fraction of sp³-hybridized carbons (Fsp3) is 0.286. The first-order chi connectivity index (χ1) is 9.08. The van der Waals surface area contributed by atoms with Crippen molar-refractivity contribution in [2.24, 2.45) is 5.92 Å². The lowest BCUT2D eigenvalue weighted by atomic mass is 10.1. The van der Waals surface area contributed by atoms with Gasteiger partial charge in [0.15, 0.2) is 5.69 Å². The van der Waals surface area contributed by atoms with Crippen LogP contribution >= 0.6 is 0 Å². The van der Waals surface area contributed by atoms with Crippen LogP contribution in [-0.2, 0) is 0 Å². The molecule has 0 radical (unpaired) electrons. The number of nitrogens with zero attached hydrogens (tertiary/aromatic N) is 1. The quantitative estimate of drug-likeness (QED) is 0.866. The van der Waals surface area contributed by atoms with Crippen molar-refractivity contribution in [2.75, 3.05) is 6.61 Å². The average molecular weight is 260 g/mol. The van der Waals surface area contributed by atoms with Gasteiger partial charge in [-0.25, -0.2) is 9.78 Å². The van der Waals surface area contributed by atoms with Gasteiger partial charge < -0.3 is 14.8 Å². The zero-order valence-corrected chi connectivity index (χ0v) is 10.9. The third-order valence-corrected chi connectivity index (χ3v) is 2.56. The molecule has 0 amide bonds. The van der Waals surface area contributed by atoms with E-state index < -0.39 is 5.97 Å². The van der Waals surface area contributed by atoms with E-state index in [-0.39, 0.29) is 5.69 Å². The summed E-state index contributed by atoms with van der Waals surface area (Å²) in [6.07, 6.45) is 1.38. The monoisotopic (exact) mass is 260 g/mol. The van der Waals surface area contributed by atoms with Crippen LogP contribution in [0.15, 0.2) is 30.6 Å². The third-order valence-electron chi connectivity index (χ3n) is 2.56. The molecule has 19 heavy (non-hydrogen) atoms. The molecule has 1 aromatic heterocycles. The molecule has 5 heteroatoms. The highest BCUT2D eigenvalue weighted by Gasteiger charge is 2.14. The van der Waals surface area contributed by atoms with Gasteiger partial charge >= 0.3 is 5.97 Å². The van der Waals surface area contributed by atoms with Gasteiger partial charge in [0.1, 0.15) is 11.4 Å². The zero-order valence-electron chi connectivity index (χ0n) is 10.9.